The van der Waals surface area contributed by atoms with Crippen LogP contribution in [-0.2, 0) is 0 Å². The van der Waals surface area contributed by atoms with Gasteiger partial charge in [-0.25, -0.2) is 4.98 Å². The summed E-state index contributed by atoms with van der Waals surface area (Å²) >= 11 is 5.83. The van der Waals surface area contributed by atoms with Gasteiger partial charge in [0.05, 0.1) is 11.2 Å². The highest BCUT2D eigenvalue weighted by Crippen LogP contribution is 2.17. The molecule has 2 rings (SSSR count). The van der Waals surface area contributed by atoms with Crippen molar-refractivity contribution in [1.29, 1.82) is 0 Å². The van der Waals surface area contributed by atoms with Crippen LogP contribution in [0.1, 0.15) is 5.69 Å². The molecule has 1 aromatic carbocycles. The number of fused-ring (bicyclic) bond motifs is 1. The van der Waals surface area contributed by atoms with Crippen molar-refractivity contribution in [2.45, 2.75) is 0 Å². The topological polar surface area (TPSA) is 12.9 Å². The molecular formula is C11H7ClN. The van der Waals surface area contributed by atoms with Gasteiger partial charge in [-0.3, -0.25) is 0 Å². The Labute approximate surface area is 81.7 Å². The zero-order chi connectivity index (χ0) is 9.26. The highest BCUT2D eigenvalue weighted by atomic mass is 35.5. The molecule has 0 saturated carbocycles. The number of hydrogen-bond acceptors (Lipinski definition) is 1. The lowest BCUT2D eigenvalue weighted by Crippen LogP contribution is -1.82. The first-order valence-corrected chi connectivity index (χ1v) is 4.28. The standard InChI is InChI=1S/C11H7ClN/c1-2-10-6-4-8-3-5-9(12)7-11(8)13-10/h1-7H. The van der Waals surface area contributed by atoms with E-state index in [1.54, 1.807) is 0 Å². The molecule has 0 spiro atoms. The van der Waals surface area contributed by atoms with Crippen molar-refractivity contribution in [3.05, 3.63) is 47.6 Å². The van der Waals surface area contributed by atoms with Gasteiger partial charge in [0, 0.05) is 10.4 Å². The summed E-state index contributed by atoms with van der Waals surface area (Å²) in [5, 5.41) is 1.75. The first-order chi connectivity index (χ1) is 6.29. The molecule has 0 fully saturated rings. The van der Waals surface area contributed by atoms with E-state index in [0.717, 1.165) is 16.6 Å². The molecule has 0 unspecified atom stereocenters. The minimum Gasteiger partial charge on any atom is -0.248 e. The average molecular weight is 189 g/mol. The molecule has 0 aliphatic rings. The third-order valence-corrected chi connectivity index (χ3v) is 2.08. The van der Waals surface area contributed by atoms with Crippen LogP contribution < -0.4 is 0 Å². The lowest BCUT2D eigenvalue weighted by atomic mass is 10.2. The van der Waals surface area contributed by atoms with Gasteiger partial charge in [0.15, 0.2) is 0 Å². The third kappa shape index (κ3) is 1.56. The van der Waals surface area contributed by atoms with Crippen LogP contribution in [0.2, 0.25) is 5.02 Å². The number of hydrogen-bond donors (Lipinski definition) is 0. The van der Waals surface area contributed by atoms with Crippen molar-refractivity contribution in [3.63, 3.8) is 0 Å². The summed E-state index contributed by atoms with van der Waals surface area (Å²) < 4.78 is 0. The van der Waals surface area contributed by atoms with E-state index in [4.69, 9.17) is 18.2 Å². The van der Waals surface area contributed by atoms with E-state index >= 15 is 0 Å². The first kappa shape index (κ1) is 8.27. The molecule has 2 heteroatoms. The van der Waals surface area contributed by atoms with Crippen LogP contribution in [0.4, 0.5) is 0 Å². The van der Waals surface area contributed by atoms with Crippen molar-refractivity contribution in [2.24, 2.45) is 0 Å². The van der Waals surface area contributed by atoms with Crippen LogP contribution in [-0.4, -0.2) is 4.98 Å². The normalized spacial score (nSPS) is 10.2. The maximum atomic E-state index is 5.83. The molecule has 0 saturated heterocycles. The van der Waals surface area contributed by atoms with Crippen LogP contribution >= 0.6 is 11.6 Å². The first-order valence-electron chi connectivity index (χ1n) is 3.91. The summed E-state index contributed by atoms with van der Waals surface area (Å²) in [5.41, 5.74) is 1.63. The largest absolute Gasteiger partial charge is 0.248 e. The van der Waals surface area contributed by atoms with E-state index in [1.807, 2.05) is 30.3 Å². The summed E-state index contributed by atoms with van der Waals surface area (Å²) in [6, 6.07) is 9.44. The van der Waals surface area contributed by atoms with Crippen molar-refractivity contribution in [2.75, 3.05) is 0 Å². The minimum absolute atomic E-state index is 0.689. The SMILES string of the molecule is [CH]=Cc1ccc2ccc(Cl)cc2n1. The molecule has 0 atom stereocenters. The predicted octanol–water partition coefficient (Wildman–Crippen LogP) is 3.33. The fraction of sp³-hybridized carbons (Fsp3) is 0. The lowest BCUT2D eigenvalue weighted by Gasteiger charge is -1.98. The van der Waals surface area contributed by atoms with Gasteiger partial charge in [0.2, 0.25) is 0 Å². The molecule has 2 aromatic rings. The van der Waals surface area contributed by atoms with Crippen molar-refractivity contribution < 1.29 is 0 Å². The lowest BCUT2D eigenvalue weighted by molar-refractivity contribution is 1.37. The number of aromatic nitrogens is 1. The highest BCUT2D eigenvalue weighted by molar-refractivity contribution is 6.31. The maximum Gasteiger partial charge on any atom is 0.0724 e. The van der Waals surface area contributed by atoms with Gasteiger partial charge in [-0.05, 0) is 24.3 Å². The molecule has 13 heavy (non-hydrogen) atoms. The van der Waals surface area contributed by atoms with Gasteiger partial charge in [-0.1, -0.05) is 30.3 Å². The zero-order valence-corrected chi connectivity index (χ0v) is 7.62. The van der Waals surface area contributed by atoms with Crippen molar-refractivity contribution >= 4 is 28.6 Å². The summed E-state index contributed by atoms with van der Waals surface area (Å²) in [6.07, 6.45) is 1.47. The Morgan fingerprint density at radius 2 is 2.00 bits per heavy atom. The Balaban J connectivity index is 2.74. The fourth-order valence-corrected chi connectivity index (χ4v) is 1.37. The molecule has 0 amide bonds. The number of nitrogens with zero attached hydrogens (tertiary/aromatic N) is 1. The summed E-state index contributed by atoms with van der Waals surface area (Å²) in [7, 11) is 0. The molecule has 0 N–H and O–H groups in total. The number of pyridine rings is 1. The second-order valence-electron chi connectivity index (χ2n) is 2.74. The zero-order valence-electron chi connectivity index (χ0n) is 6.87. The van der Waals surface area contributed by atoms with Gasteiger partial charge >= 0.3 is 0 Å². The maximum absolute atomic E-state index is 5.83. The average Bonchev–Trinajstić information content (AvgIpc) is 2.16. The quantitative estimate of drug-likeness (QED) is 0.669. The van der Waals surface area contributed by atoms with Gasteiger partial charge in [0.25, 0.3) is 0 Å². The van der Waals surface area contributed by atoms with E-state index in [1.165, 1.54) is 6.08 Å². The van der Waals surface area contributed by atoms with E-state index in [2.05, 4.69) is 4.98 Å². The molecule has 1 nitrogen and oxygen atoms in total. The summed E-state index contributed by atoms with van der Waals surface area (Å²) in [6.45, 7) is 5.36. The Bertz CT molecular complexity index is 463. The number of halogens is 1. The molecule has 0 aliphatic heterocycles. The Morgan fingerprint density at radius 3 is 2.77 bits per heavy atom. The molecule has 0 aliphatic carbocycles. The van der Waals surface area contributed by atoms with Crippen LogP contribution in [0.5, 0.6) is 0 Å². The van der Waals surface area contributed by atoms with Crippen LogP contribution in [0, 0.1) is 6.58 Å². The predicted molar refractivity (Wildman–Crippen MR) is 55.5 cm³/mol. The molecule has 0 bridgehead atoms. The molecular weight excluding hydrogens is 182 g/mol. The van der Waals surface area contributed by atoms with E-state index in [-0.39, 0.29) is 0 Å². The second-order valence-corrected chi connectivity index (χ2v) is 3.18. The Hall–Kier alpha value is -1.34. The minimum atomic E-state index is 0.689. The van der Waals surface area contributed by atoms with E-state index in [9.17, 15) is 0 Å². The molecule has 63 valence electrons. The van der Waals surface area contributed by atoms with Crippen LogP contribution in [0.3, 0.4) is 0 Å². The molecule has 1 radical (unpaired) electrons. The fourth-order valence-electron chi connectivity index (χ4n) is 1.20. The molecule has 1 aromatic heterocycles. The van der Waals surface area contributed by atoms with Gasteiger partial charge in [0.1, 0.15) is 0 Å². The summed E-state index contributed by atoms with van der Waals surface area (Å²) in [5.74, 6) is 0. The van der Waals surface area contributed by atoms with Gasteiger partial charge in [-0.15, -0.1) is 0 Å². The third-order valence-electron chi connectivity index (χ3n) is 1.85. The molecule has 1 heterocycles. The van der Waals surface area contributed by atoms with E-state index < -0.39 is 0 Å². The van der Waals surface area contributed by atoms with Crippen LogP contribution in [0.15, 0.2) is 30.3 Å². The summed E-state index contributed by atoms with van der Waals surface area (Å²) in [4.78, 5) is 4.29. The number of benzene rings is 1. The smallest absolute Gasteiger partial charge is 0.0724 e. The van der Waals surface area contributed by atoms with Crippen molar-refractivity contribution in [3.8, 4) is 0 Å². The number of rotatable bonds is 1. The van der Waals surface area contributed by atoms with Crippen molar-refractivity contribution in [1.82, 2.24) is 4.98 Å². The Kier molecular flexibility index (Phi) is 2.03. The van der Waals surface area contributed by atoms with Gasteiger partial charge < -0.3 is 0 Å². The second kappa shape index (κ2) is 3.19. The van der Waals surface area contributed by atoms with Gasteiger partial charge in [-0.2, -0.15) is 0 Å². The highest BCUT2D eigenvalue weighted by Gasteiger charge is 1.96. The monoisotopic (exact) mass is 188 g/mol. The van der Waals surface area contributed by atoms with Crippen LogP contribution in [0.25, 0.3) is 17.0 Å². The van der Waals surface area contributed by atoms with E-state index in [0.29, 0.717) is 5.02 Å². The Morgan fingerprint density at radius 1 is 1.23 bits per heavy atom.